The van der Waals surface area contributed by atoms with E-state index in [0.29, 0.717) is 5.41 Å². The standard InChI is InChI=1S/C20H30/c1-15-8-9-16(2)18(14-15)11-10-17-6-4-12-20(3)13-5-7-19(17)20/h10-11,15,19H,2,4-9,12-14H2,1,3H3/b17-10+,18-11+/t15-,19-,20+/m0/s1. The van der Waals surface area contributed by atoms with E-state index in [4.69, 9.17) is 0 Å². The van der Waals surface area contributed by atoms with Crippen LogP contribution in [0.4, 0.5) is 0 Å². The third-order valence-electron chi connectivity index (χ3n) is 6.20. The molecule has 3 saturated carbocycles. The second-order valence-electron chi connectivity index (χ2n) is 7.84. The van der Waals surface area contributed by atoms with Crippen molar-refractivity contribution in [3.63, 3.8) is 0 Å². The largest absolute Gasteiger partial charge is 0.0956 e. The Balaban J connectivity index is 1.79. The molecule has 0 nitrogen and oxygen atoms in total. The van der Waals surface area contributed by atoms with Crippen molar-refractivity contribution in [3.8, 4) is 0 Å². The van der Waals surface area contributed by atoms with Crippen LogP contribution in [0.2, 0.25) is 0 Å². The zero-order valence-corrected chi connectivity index (χ0v) is 13.4. The molecule has 0 spiro atoms. The van der Waals surface area contributed by atoms with Crippen LogP contribution < -0.4 is 0 Å². The number of fused-ring (bicyclic) bond motifs is 1. The maximum absolute atomic E-state index is 4.28. The summed E-state index contributed by atoms with van der Waals surface area (Å²) in [5.74, 6) is 1.72. The molecule has 0 heterocycles. The van der Waals surface area contributed by atoms with Crippen LogP contribution in [0.15, 0.2) is 35.5 Å². The molecule has 0 aliphatic heterocycles. The topological polar surface area (TPSA) is 0 Å². The van der Waals surface area contributed by atoms with Crippen LogP contribution in [0.1, 0.15) is 71.6 Å². The van der Waals surface area contributed by atoms with Gasteiger partial charge in [0.2, 0.25) is 0 Å². The fourth-order valence-corrected chi connectivity index (χ4v) is 4.83. The Morgan fingerprint density at radius 1 is 1.10 bits per heavy atom. The number of hydrogen-bond donors (Lipinski definition) is 0. The normalized spacial score (nSPS) is 42.2. The first-order chi connectivity index (χ1) is 9.58. The fourth-order valence-electron chi connectivity index (χ4n) is 4.83. The molecule has 0 aromatic carbocycles. The van der Waals surface area contributed by atoms with Crippen molar-refractivity contribution in [1.29, 1.82) is 0 Å². The number of rotatable bonds is 1. The van der Waals surface area contributed by atoms with Crippen molar-refractivity contribution in [3.05, 3.63) is 35.5 Å². The van der Waals surface area contributed by atoms with Crippen molar-refractivity contribution in [2.45, 2.75) is 71.6 Å². The van der Waals surface area contributed by atoms with Gasteiger partial charge in [-0.2, -0.15) is 0 Å². The van der Waals surface area contributed by atoms with Crippen LogP contribution in [0, 0.1) is 17.3 Å². The van der Waals surface area contributed by atoms with Gasteiger partial charge in [-0.25, -0.2) is 0 Å². The van der Waals surface area contributed by atoms with E-state index < -0.39 is 0 Å². The summed E-state index contributed by atoms with van der Waals surface area (Å²) < 4.78 is 0. The predicted molar refractivity (Wildman–Crippen MR) is 87.6 cm³/mol. The third-order valence-corrected chi connectivity index (χ3v) is 6.20. The lowest BCUT2D eigenvalue weighted by atomic mass is 9.67. The lowest BCUT2D eigenvalue weighted by Crippen LogP contribution is -2.27. The molecule has 0 N–H and O–H groups in total. The highest BCUT2D eigenvalue weighted by Gasteiger charge is 2.42. The molecule has 0 aromatic heterocycles. The highest BCUT2D eigenvalue weighted by atomic mass is 14.5. The maximum atomic E-state index is 4.28. The van der Waals surface area contributed by atoms with Gasteiger partial charge < -0.3 is 0 Å². The van der Waals surface area contributed by atoms with Gasteiger partial charge in [0.25, 0.3) is 0 Å². The van der Waals surface area contributed by atoms with Crippen LogP contribution in [0.5, 0.6) is 0 Å². The summed E-state index contributed by atoms with van der Waals surface area (Å²) in [5.41, 5.74) is 5.29. The van der Waals surface area contributed by atoms with Crippen molar-refractivity contribution >= 4 is 0 Å². The van der Waals surface area contributed by atoms with E-state index in [1.807, 2.05) is 0 Å². The van der Waals surface area contributed by atoms with Gasteiger partial charge in [0, 0.05) is 0 Å². The zero-order chi connectivity index (χ0) is 14.2. The smallest absolute Gasteiger partial charge is 0.0146 e. The minimum absolute atomic E-state index is 0.624. The summed E-state index contributed by atoms with van der Waals surface area (Å²) >= 11 is 0. The summed E-state index contributed by atoms with van der Waals surface area (Å²) in [4.78, 5) is 0. The van der Waals surface area contributed by atoms with Crippen LogP contribution >= 0.6 is 0 Å². The van der Waals surface area contributed by atoms with Crippen LogP contribution in [0.3, 0.4) is 0 Å². The van der Waals surface area contributed by atoms with E-state index >= 15 is 0 Å². The third kappa shape index (κ3) is 2.67. The summed E-state index contributed by atoms with van der Waals surface area (Å²) in [6.45, 7) is 9.19. The van der Waals surface area contributed by atoms with Gasteiger partial charge in [-0.05, 0) is 74.2 Å². The van der Waals surface area contributed by atoms with Gasteiger partial charge >= 0.3 is 0 Å². The first-order valence-electron chi connectivity index (χ1n) is 8.66. The van der Waals surface area contributed by atoms with Gasteiger partial charge in [-0.1, -0.05) is 50.1 Å². The molecule has 3 aliphatic carbocycles. The summed E-state index contributed by atoms with van der Waals surface area (Å²) in [5, 5.41) is 0. The monoisotopic (exact) mass is 270 g/mol. The SMILES string of the molecule is C=C1CC[C@H](C)C/C1=C\C=C1/CCC[C@]2(C)CCC[C@@H]12. The van der Waals surface area contributed by atoms with E-state index in [2.05, 4.69) is 32.6 Å². The second kappa shape index (κ2) is 5.54. The van der Waals surface area contributed by atoms with Crippen LogP contribution in [-0.2, 0) is 0 Å². The molecular formula is C20H30. The second-order valence-corrected chi connectivity index (χ2v) is 7.84. The Morgan fingerprint density at radius 3 is 2.75 bits per heavy atom. The average molecular weight is 270 g/mol. The van der Waals surface area contributed by atoms with E-state index in [1.165, 1.54) is 68.9 Å². The number of hydrogen-bond acceptors (Lipinski definition) is 0. The molecule has 0 aromatic rings. The maximum Gasteiger partial charge on any atom is -0.0146 e. The number of allylic oxidation sites excluding steroid dienone is 5. The van der Waals surface area contributed by atoms with E-state index in [9.17, 15) is 0 Å². The van der Waals surface area contributed by atoms with E-state index in [-0.39, 0.29) is 0 Å². The molecule has 3 fully saturated rings. The van der Waals surface area contributed by atoms with Crippen molar-refractivity contribution in [1.82, 2.24) is 0 Å². The zero-order valence-electron chi connectivity index (χ0n) is 13.4. The molecule has 0 radical (unpaired) electrons. The van der Waals surface area contributed by atoms with Crippen molar-refractivity contribution < 1.29 is 0 Å². The van der Waals surface area contributed by atoms with Gasteiger partial charge in [0.1, 0.15) is 0 Å². The van der Waals surface area contributed by atoms with Crippen molar-refractivity contribution in [2.75, 3.05) is 0 Å². The van der Waals surface area contributed by atoms with Gasteiger partial charge in [0.15, 0.2) is 0 Å². The molecule has 3 aliphatic rings. The van der Waals surface area contributed by atoms with Crippen molar-refractivity contribution in [2.24, 2.45) is 17.3 Å². The lowest BCUT2D eigenvalue weighted by molar-refractivity contribution is 0.201. The van der Waals surface area contributed by atoms with Crippen LogP contribution in [0.25, 0.3) is 0 Å². The molecule has 0 heteroatoms. The highest BCUT2D eigenvalue weighted by molar-refractivity contribution is 5.35. The minimum atomic E-state index is 0.624. The van der Waals surface area contributed by atoms with Gasteiger partial charge in [-0.15, -0.1) is 0 Å². The molecule has 3 atom stereocenters. The molecule has 0 unspecified atom stereocenters. The Bertz CT molecular complexity index is 451. The minimum Gasteiger partial charge on any atom is -0.0956 e. The lowest BCUT2D eigenvalue weighted by Gasteiger charge is -2.38. The first-order valence-corrected chi connectivity index (χ1v) is 8.66. The van der Waals surface area contributed by atoms with E-state index in [1.54, 1.807) is 5.57 Å². The molecular weight excluding hydrogens is 240 g/mol. The average Bonchev–Trinajstić information content (AvgIpc) is 2.82. The summed E-state index contributed by atoms with van der Waals surface area (Å²) in [6.07, 6.45) is 17.2. The first kappa shape index (κ1) is 14.2. The van der Waals surface area contributed by atoms with E-state index in [0.717, 1.165) is 11.8 Å². The summed E-state index contributed by atoms with van der Waals surface area (Å²) in [6, 6.07) is 0. The Hall–Kier alpha value is -0.780. The van der Waals surface area contributed by atoms with Crippen LogP contribution in [-0.4, -0.2) is 0 Å². The summed E-state index contributed by atoms with van der Waals surface area (Å²) in [7, 11) is 0. The predicted octanol–water partition coefficient (Wildman–Crippen LogP) is 6.21. The molecule has 0 bridgehead atoms. The van der Waals surface area contributed by atoms with Gasteiger partial charge in [0.05, 0.1) is 0 Å². The molecule has 3 rings (SSSR count). The fraction of sp³-hybridized carbons (Fsp3) is 0.700. The molecule has 0 amide bonds. The van der Waals surface area contributed by atoms with Gasteiger partial charge in [-0.3, -0.25) is 0 Å². The molecule has 20 heavy (non-hydrogen) atoms. The molecule has 110 valence electrons. The Kier molecular flexibility index (Phi) is 3.93. The highest BCUT2D eigenvalue weighted by Crippen LogP contribution is 2.54. The molecule has 0 saturated heterocycles. The Morgan fingerprint density at radius 2 is 1.90 bits per heavy atom. The Labute approximate surface area is 125 Å². The quantitative estimate of drug-likeness (QED) is 0.531.